The monoisotopic (exact) mass is 266 g/mol. The van der Waals surface area contributed by atoms with Crippen molar-refractivity contribution in [2.45, 2.75) is 45.7 Å². The third-order valence-corrected chi connectivity index (χ3v) is 4.15. The molecule has 0 bridgehead atoms. The second kappa shape index (κ2) is 5.94. The van der Waals surface area contributed by atoms with E-state index in [1.54, 1.807) is 0 Å². The van der Waals surface area contributed by atoms with E-state index in [-0.39, 0.29) is 0 Å². The van der Waals surface area contributed by atoms with Gasteiger partial charge < -0.3 is 10.2 Å². The van der Waals surface area contributed by atoms with Crippen molar-refractivity contribution in [3.05, 3.63) is 28.8 Å². The first kappa shape index (κ1) is 13.7. The van der Waals surface area contributed by atoms with Crippen LogP contribution in [-0.4, -0.2) is 30.1 Å². The van der Waals surface area contributed by atoms with E-state index in [2.05, 4.69) is 37.1 Å². The SMILES string of the molecule is Cc1cccc(Cl)c1NC1CCN(C(C)C)CC1. The van der Waals surface area contributed by atoms with Crippen molar-refractivity contribution < 1.29 is 0 Å². The molecule has 18 heavy (non-hydrogen) atoms. The molecule has 1 fully saturated rings. The van der Waals surface area contributed by atoms with E-state index in [1.165, 1.54) is 31.5 Å². The summed E-state index contributed by atoms with van der Waals surface area (Å²) in [4.78, 5) is 2.54. The molecule has 0 atom stereocenters. The summed E-state index contributed by atoms with van der Waals surface area (Å²) in [7, 11) is 0. The minimum atomic E-state index is 0.554. The second-order valence-electron chi connectivity index (χ2n) is 5.48. The normalized spacial score (nSPS) is 18.3. The summed E-state index contributed by atoms with van der Waals surface area (Å²) in [5.41, 5.74) is 2.34. The number of rotatable bonds is 3. The van der Waals surface area contributed by atoms with Gasteiger partial charge in [0, 0.05) is 25.2 Å². The Kier molecular flexibility index (Phi) is 4.52. The molecule has 0 aliphatic carbocycles. The van der Waals surface area contributed by atoms with E-state index in [4.69, 9.17) is 11.6 Å². The highest BCUT2D eigenvalue weighted by Crippen LogP contribution is 2.27. The van der Waals surface area contributed by atoms with Gasteiger partial charge >= 0.3 is 0 Å². The molecule has 0 saturated carbocycles. The van der Waals surface area contributed by atoms with Gasteiger partial charge in [0.15, 0.2) is 0 Å². The van der Waals surface area contributed by atoms with Crippen LogP contribution in [0.15, 0.2) is 18.2 Å². The first-order valence-corrected chi connectivity index (χ1v) is 7.21. The first-order chi connectivity index (χ1) is 8.58. The van der Waals surface area contributed by atoms with E-state index in [0.717, 1.165) is 10.7 Å². The molecule has 0 aromatic heterocycles. The first-order valence-electron chi connectivity index (χ1n) is 6.83. The van der Waals surface area contributed by atoms with Crippen LogP contribution in [0.2, 0.25) is 5.02 Å². The summed E-state index contributed by atoms with van der Waals surface area (Å²) in [6, 6.07) is 7.29. The molecule has 1 aromatic carbocycles. The maximum Gasteiger partial charge on any atom is 0.0640 e. The maximum atomic E-state index is 6.25. The highest BCUT2D eigenvalue weighted by molar-refractivity contribution is 6.33. The molecule has 2 nitrogen and oxygen atoms in total. The maximum absolute atomic E-state index is 6.25. The molecule has 0 unspecified atom stereocenters. The number of hydrogen-bond donors (Lipinski definition) is 1. The van der Waals surface area contributed by atoms with Gasteiger partial charge in [-0.25, -0.2) is 0 Å². The molecule has 1 heterocycles. The lowest BCUT2D eigenvalue weighted by Crippen LogP contribution is -2.42. The highest BCUT2D eigenvalue weighted by atomic mass is 35.5. The quantitative estimate of drug-likeness (QED) is 0.892. The van der Waals surface area contributed by atoms with Crippen LogP contribution in [0, 0.1) is 6.92 Å². The molecule has 0 amide bonds. The van der Waals surface area contributed by atoms with Crippen LogP contribution in [0.1, 0.15) is 32.3 Å². The van der Waals surface area contributed by atoms with Gasteiger partial charge in [0.25, 0.3) is 0 Å². The van der Waals surface area contributed by atoms with Gasteiger partial charge in [0.2, 0.25) is 0 Å². The minimum absolute atomic E-state index is 0.554. The molecular formula is C15H23ClN2. The third-order valence-electron chi connectivity index (χ3n) is 3.83. The van der Waals surface area contributed by atoms with E-state index < -0.39 is 0 Å². The fourth-order valence-electron chi connectivity index (χ4n) is 2.58. The topological polar surface area (TPSA) is 15.3 Å². The van der Waals surface area contributed by atoms with Gasteiger partial charge in [-0.1, -0.05) is 23.7 Å². The van der Waals surface area contributed by atoms with Gasteiger partial charge in [-0.2, -0.15) is 0 Å². The van der Waals surface area contributed by atoms with Crippen LogP contribution >= 0.6 is 11.6 Å². The molecular weight excluding hydrogens is 244 g/mol. The molecule has 2 rings (SSSR count). The Morgan fingerprint density at radius 1 is 1.28 bits per heavy atom. The zero-order valence-corrected chi connectivity index (χ0v) is 12.3. The Labute approximate surface area is 115 Å². The summed E-state index contributed by atoms with van der Waals surface area (Å²) >= 11 is 6.25. The molecule has 0 radical (unpaired) electrons. The number of benzene rings is 1. The predicted molar refractivity (Wildman–Crippen MR) is 79.5 cm³/mol. The van der Waals surface area contributed by atoms with Gasteiger partial charge in [-0.3, -0.25) is 0 Å². The van der Waals surface area contributed by atoms with Crippen molar-refractivity contribution in [3.63, 3.8) is 0 Å². The Hall–Kier alpha value is -0.730. The number of anilines is 1. The number of para-hydroxylation sites is 1. The second-order valence-corrected chi connectivity index (χ2v) is 5.89. The van der Waals surface area contributed by atoms with Crippen LogP contribution in [0.4, 0.5) is 5.69 Å². The number of hydrogen-bond acceptors (Lipinski definition) is 2. The van der Waals surface area contributed by atoms with E-state index >= 15 is 0 Å². The Balaban J connectivity index is 1.96. The van der Waals surface area contributed by atoms with Crippen LogP contribution < -0.4 is 5.32 Å². The Bertz CT molecular complexity index is 375. The molecule has 1 aliphatic rings. The number of halogens is 1. The van der Waals surface area contributed by atoms with Crippen molar-refractivity contribution in [1.29, 1.82) is 0 Å². The van der Waals surface area contributed by atoms with Crippen LogP contribution in [0.5, 0.6) is 0 Å². The Morgan fingerprint density at radius 3 is 2.50 bits per heavy atom. The van der Waals surface area contributed by atoms with E-state index in [9.17, 15) is 0 Å². The minimum Gasteiger partial charge on any atom is -0.381 e. The fourth-order valence-corrected chi connectivity index (χ4v) is 2.86. The molecule has 1 aromatic rings. The summed E-state index contributed by atoms with van der Waals surface area (Å²) < 4.78 is 0. The molecule has 1 saturated heterocycles. The molecule has 0 spiro atoms. The average molecular weight is 267 g/mol. The molecule has 3 heteroatoms. The fraction of sp³-hybridized carbons (Fsp3) is 0.600. The average Bonchev–Trinajstić information content (AvgIpc) is 2.34. The van der Waals surface area contributed by atoms with Crippen molar-refractivity contribution in [2.24, 2.45) is 0 Å². The third kappa shape index (κ3) is 3.18. The lowest BCUT2D eigenvalue weighted by atomic mass is 10.0. The van der Waals surface area contributed by atoms with Gasteiger partial charge in [0.05, 0.1) is 10.7 Å². The summed E-state index contributed by atoms with van der Waals surface area (Å²) in [6.07, 6.45) is 2.39. The van der Waals surface area contributed by atoms with Crippen molar-refractivity contribution >= 4 is 17.3 Å². The lowest BCUT2D eigenvalue weighted by Gasteiger charge is -2.35. The number of nitrogens with one attached hydrogen (secondary N) is 1. The number of likely N-dealkylation sites (tertiary alicyclic amines) is 1. The predicted octanol–water partition coefficient (Wildman–Crippen LogP) is 3.93. The zero-order valence-electron chi connectivity index (χ0n) is 11.5. The van der Waals surface area contributed by atoms with Gasteiger partial charge in [0.1, 0.15) is 0 Å². The highest BCUT2D eigenvalue weighted by Gasteiger charge is 2.21. The van der Waals surface area contributed by atoms with Gasteiger partial charge in [-0.05, 0) is 45.2 Å². The summed E-state index contributed by atoms with van der Waals surface area (Å²) in [6.45, 7) is 9.01. The largest absolute Gasteiger partial charge is 0.381 e. The number of aryl methyl sites for hydroxylation is 1. The molecule has 1 aliphatic heterocycles. The number of piperidine rings is 1. The van der Waals surface area contributed by atoms with Crippen LogP contribution in [0.25, 0.3) is 0 Å². The number of nitrogens with zero attached hydrogens (tertiary/aromatic N) is 1. The zero-order chi connectivity index (χ0) is 13.1. The van der Waals surface area contributed by atoms with E-state index in [0.29, 0.717) is 12.1 Å². The summed E-state index contributed by atoms with van der Waals surface area (Å²) in [5.74, 6) is 0. The van der Waals surface area contributed by atoms with Crippen molar-refractivity contribution in [2.75, 3.05) is 18.4 Å². The van der Waals surface area contributed by atoms with Crippen molar-refractivity contribution in [3.8, 4) is 0 Å². The molecule has 1 N–H and O–H groups in total. The van der Waals surface area contributed by atoms with Crippen LogP contribution in [0.3, 0.4) is 0 Å². The standard InChI is InChI=1S/C15H23ClN2/c1-11(2)18-9-7-13(8-10-18)17-15-12(3)5-4-6-14(15)16/h4-6,11,13,17H,7-10H2,1-3H3. The Morgan fingerprint density at radius 2 is 1.94 bits per heavy atom. The van der Waals surface area contributed by atoms with E-state index in [1.807, 2.05) is 12.1 Å². The lowest BCUT2D eigenvalue weighted by molar-refractivity contribution is 0.177. The van der Waals surface area contributed by atoms with Crippen molar-refractivity contribution in [1.82, 2.24) is 4.90 Å². The smallest absolute Gasteiger partial charge is 0.0640 e. The molecule has 100 valence electrons. The summed E-state index contributed by atoms with van der Waals surface area (Å²) in [5, 5.41) is 4.45. The van der Waals surface area contributed by atoms with Gasteiger partial charge in [-0.15, -0.1) is 0 Å². The van der Waals surface area contributed by atoms with Crippen LogP contribution in [-0.2, 0) is 0 Å².